The minimum absolute atomic E-state index is 0.0845. The van der Waals surface area contributed by atoms with Gasteiger partial charge in [-0.15, -0.1) is 11.3 Å². The lowest BCUT2D eigenvalue weighted by Crippen LogP contribution is -3.15. The summed E-state index contributed by atoms with van der Waals surface area (Å²) in [5.41, 5.74) is 1.98. The van der Waals surface area contributed by atoms with Crippen LogP contribution in [0.3, 0.4) is 0 Å². The first-order chi connectivity index (χ1) is 12.5. The van der Waals surface area contributed by atoms with Gasteiger partial charge in [-0.05, 0) is 36.1 Å². The smallest absolute Gasteiger partial charge is 0.277 e. The van der Waals surface area contributed by atoms with E-state index in [1.165, 1.54) is 15.3 Å². The van der Waals surface area contributed by atoms with Crippen LogP contribution in [0, 0.1) is 6.92 Å². The number of piperazine rings is 1. The number of hydrogen-bond donors (Lipinski definition) is 1. The van der Waals surface area contributed by atoms with Gasteiger partial charge in [-0.1, -0.05) is 18.2 Å². The second kappa shape index (κ2) is 8.47. The molecule has 0 unspecified atom stereocenters. The molecule has 1 aliphatic rings. The number of carbonyl (C=O) groups excluding carboxylic acids is 2. The van der Waals surface area contributed by atoms with Crippen molar-refractivity contribution in [3.8, 4) is 0 Å². The third kappa shape index (κ3) is 4.51. The van der Waals surface area contributed by atoms with Gasteiger partial charge in [0.1, 0.15) is 0 Å². The summed E-state index contributed by atoms with van der Waals surface area (Å²) in [7, 11) is 1.87. The largest absolute Gasteiger partial charge is 0.336 e. The van der Waals surface area contributed by atoms with Crippen LogP contribution < -0.4 is 4.90 Å². The van der Waals surface area contributed by atoms with E-state index in [9.17, 15) is 9.59 Å². The van der Waals surface area contributed by atoms with Crippen molar-refractivity contribution in [2.75, 3.05) is 39.8 Å². The van der Waals surface area contributed by atoms with Crippen molar-refractivity contribution in [3.05, 3.63) is 57.8 Å². The van der Waals surface area contributed by atoms with Crippen LogP contribution in [0.1, 0.15) is 20.8 Å². The molecule has 6 heteroatoms. The Morgan fingerprint density at radius 2 is 1.85 bits per heavy atom. The second-order valence-electron chi connectivity index (χ2n) is 6.86. The van der Waals surface area contributed by atoms with Crippen LogP contribution >= 0.6 is 11.3 Å². The molecule has 1 aromatic heterocycles. The molecule has 0 bridgehead atoms. The van der Waals surface area contributed by atoms with E-state index in [0.29, 0.717) is 26.2 Å². The summed E-state index contributed by atoms with van der Waals surface area (Å²) >= 11 is 1.70. The normalized spacial score (nSPS) is 15.1. The van der Waals surface area contributed by atoms with Gasteiger partial charge in [0.05, 0.1) is 32.7 Å². The van der Waals surface area contributed by atoms with E-state index in [0.717, 1.165) is 18.7 Å². The molecule has 3 rings (SSSR count). The van der Waals surface area contributed by atoms with Gasteiger partial charge in [0.2, 0.25) is 0 Å². The molecule has 138 valence electrons. The third-order valence-corrected chi connectivity index (χ3v) is 5.96. The van der Waals surface area contributed by atoms with Crippen LogP contribution in [-0.2, 0) is 11.3 Å². The Balaban J connectivity index is 1.47. The van der Waals surface area contributed by atoms with E-state index in [1.54, 1.807) is 11.3 Å². The number of quaternary nitrogens is 1. The minimum atomic E-state index is 0.0845. The molecule has 2 aromatic rings. The molecule has 5 nitrogen and oxygen atoms in total. The predicted molar refractivity (Wildman–Crippen MR) is 103 cm³/mol. The monoisotopic (exact) mass is 372 g/mol. The molecule has 1 aromatic carbocycles. The summed E-state index contributed by atoms with van der Waals surface area (Å²) in [6, 6.07) is 11.5. The Kier molecular flexibility index (Phi) is 6.06. The number of carbonyl (C=O) groups is 2. The number of rotatable bonds is 5. The van der Waals surface area contributed by atoms with Gasteiger partial charge < -0.3 is 14.7 Å². The highest BCUT2D eigenvalue weighted by Crippen LogP contribution is 2.17. The average molecular weight is 373 g/mol. The van der Waals surface area contributed by atoms with Gasteiger partial charge in [-0.25, -0.2) is 0 Å². The summed E-state index contributed by atoms with van der Waals surface area (Å²) < 4.78 is 0. The van der Waals surface area contributed by atoms with E-state index in [-0.39, 0.29) is 11.8 Å². The Bertz CT molecular complexity index is 751. The maximum Gasteiger partial charge on any atom is 0.277 e. The molecule has 0 atom stereocenters. The quantitative estimate of drug-likeness (QED) is 0.853. The zero-order valence-corrected chi connectivity index (χ0v) is 16.2. The first-order valence-corrected chi connectivity index (χ1v) is 9.87. The fraction of sp³-hybridized carbons (Fsp3) is 0.400. The summed E-state index contributed by atoms with van der Waals surface area (Å²) in [6.07, 6.45) is 0. The maximum atomic E-state index is 12.5. The van der Waals surface area contributed by atoms with Crippen LogP contribution in [0.25, 0.3) is 0 Å². The number of nitrogens with zero attached hydrogens (tertiary/aromatic N) is 2. The highest BCUT2D eigenvalue weighted by atomic mass is 32.1. The summed E-state index contributed by atoms with van der Waals surface area (Å²) in [4.78, 5) is 31.2. The molecule has 2 amide bonds. The lowest BCUT2D eigenvalue weighted by Gasteiger charge is -2.32. The van der Waals surface area contributed by atoms with Crippen LogP contribution in [0.4, 0.5) is 0 Å². The van der Waals surface area contributed by atoms with E-state index >= 15 is 0 Å². The van der Waals surface area contributed by atoms with Gasteiger partial charge in [-0.3, -0.25) is 9.59 Å². The maximum absolute atomic E-state index is 12.5. The fourth-order valence-corrected chi connectivity index (χ4v) is 4.14. The highest BCUT2D eigenvalue weighted by molar-refractivity contribution is 7.10. The van der Waals surface area contributed by atoms with E-state index < -0.39 is 0 Å². The van der Waals surface area contributed by atoms with Crippen LogP contribution in [0.2, 0.25) is 0 Å². The van der Waals surface area contributed by atoms with Gasteiger partial charge in [-0.2, -0.15) is 0 Å². The second-order valence-corrected chi connectivity index (χ2v) is 7.86. The number of benzene rings is 1. The number of aryl methyl sites for hydroxylation is 1. The Labute approximate surface area is 158 Å². The molecular formula is C20H26N3O2S+. The van der Waals surface area contributed by atoms with Crippen molar-refractivity contribution < 1.29 is 14.5 Å². The molecule has 0 aliphatic carbocycles. The van der Waals surface area contributed by atoms with Crippen molar-refractivity contribution in [1.82, 2.24) is 9.80 Å². The van der Waals surface area contributed by atoms with Crippen molar-refractivity contribution in [2.24, 2.45) is 0 Å². The Hall–Kier alpha value is -2.18. The van der Waals surface area contributed by atoms with Crippen LogP contribution in [0.15, 0.2) is 41.8 Å². The van der Waals surface area contributed by atoms with Crippen LogP contribution in [0.5, 0.6) is 0 Å². The standard InChI is InChI=1S/C20H25N3O2S/c1-16-8-13-26-18(16)14-21(2)19(24)15-22-9-11-23(12-10-22)20(25)17-6-4-3-5-7-17/h3-8,13H,9-12,14-15H2,1-2H3/p+1. The molecule has 26 heavy (non-hydrogen) atoms. The first kappa shape index (κ1) is 18.6. The Morgan fingerprint density at radius 3 is 2.46 bits per heavy atom. The fourth-order valence-electron chi connectivity index (χ4n) is 3.18. The van der Waals surface area contributed by atoms with Crippen molar-refractivity contribution in [2.45, 2.75) is 13.5 Å². The molecule has 1 N–H and O–H groups in total. The van der Waals surface area contributed by atoms with Crippen molar-refractivity contribution in [3.63, 3.8) is 0 Å². The van der Waals surface area contributed by atoms with Crippen molar-refractivity contribution >= 4 is 23.2 Å². The zero-order chi connectivity index (χ0) is 18.5. The summed E-state index contributed by atoms with van der Waals surface area (Å²) in [5.74, 6) is 0.247. The molecule has 0 saturated carbocycles. The van der Waals surface area contributed by atoms with E-state index in [1.807, 2.05) is 47.2 Å². The highest BCUT2D eigenvalue weighted by Gasteiger charge is 2.26. The lowest BCUT2D eigenvalue weighted by atomic mass is 10.2. The molecule has 1 saturated heterocycles. The lowest BCUT2D eigenvalue weighted by molar-refractivity contribution is -0.896. The first-order valence-electron chi connectivity index (χ1n) is 8.99. The predicted octanol–water partition coefficient (Wildman–Crippen LogP) is 1.06. The molecule has 1 fully saturated rings. The van der Waals surface area contributed by atoms with E-state index in [2.05, 4.69) is 18.4 Å². The van der Waals surface area contributed by atoms with Gasteiger partial charge in [0.25, 0.3) is 11.8 Å². The number of thiophene rings is 1. The molecular weight excluding hydrogens is 346 g/mol. The Morgan fingerprint density at radius 1 is 1.15 bits per heavy atom. The third-order valence-electron chi connectivity index (χ3n) is 4.95. The van der Waals surface area contributed by atoms with Gasteiger partial charge in [0.15, 0.2) is 6.54 Å². The topological polar surface area (TPSA) is 45.1 Å². The summed E-state index contributed by atoms with van der Waals surface area (Å²) in [6.45, 7) is 6.28. The average Bonchev–Trinajstić information content (AvgIpc) is 3.07. The van der Waals surface area contributed by atoms with E-state index in [4.69, 9.17) is 0 Å². The SMILES string of the molecule is Cc1ccsc1CN(C)C(=O)C[NH+]1CCN(C(=O)c2ccccc2)CC1. The van der Waals surface area contributed by atoms with Crippen LogP contribution in [-0.4, -0.2) is 61.4 Å². The number of amides is 2. The number of hydrogen-bond acceptors (Lipinski definition) is 3. The zero-order valence-electron chi connectivity index (χ0n) is 15.4. The molecule has 2 heterocycles. The van der Waals surface area contributed by atoms with Crippen molar-refractivity contribution in [1.29, 1.82) is 0 Å². The van der Waals surface area contributed by atoms with Gasteiger partial charge >= 0.3 is 0 Å². The number of nitrogens with one attached hydrogen (secondary N) is 1. The molecule has 0 spiro atoms. The molecule has 0 radical (unpaired) electrons. The summed E-state index contributed by atoms with van der Waals surface area (Å²) in [5, 5.41) is 2.07. The number of likely N-dealkylation sites (N-methyl/N-ethyl adjacent to an activating group) is 1. The molecule has 1 aliphatic heterocycles. The van der Waals surface area contributed by atoms with Gasteiger partial charge in [0, 0.05) is 17.5 Å². The minimum Gasteiger partial charge on any atom is -0.336 e.